The summed E-state index contributed by atoms with van der Waals surface area (Å²) in [6, 6.07) is 7.47. The van der Waals surface area contributed by atoms with E-state index in [1.54, 1.807) is 25.1 Å². The van der Waals surface area contributed by atoms with E-state index in [1.807, 2.05) is 6.92 Å². The largest absolute Gasteiger partial charge is 0.351 e. The summed E-state index contributed by atoms with van der Waals surface area (Å²) in [6.45, 7) is 3.88. The van der Waals surface area contributed by atoms with Crippen LogP contribution in [-0.2, 0) is 14.6 Å². The molecule has 0 saturated carbocycles. The minimum absolute atomic E-state index is 0.0516. The molecule has 0 spiro atoms. The van der Waals surface area contributed by atoms with Gasteiger partial charge in [-0.2, -0.15) is 0 Å². The lowest BCUT2D eigenvalue weighted by Gasteiger charge is -2.21. The third-order valence-electron chi connectivity index (χ3n) is 4.84. The maximum Gasteiger partial charge on any atom is 0.264 e. The van der Waals surface area contributed by atoms with Gasteiger partial charge in [-0.25, -0.2) is 12.8 Å². The zero-order valence-corrected chi connectivity index (χ0v) is 17.9. The Morgan fingerprint density at radius 2 is 1.97 bits per heavy atom. The van der Waals surface area contributed by atoms with Crippen LogP contribution in [-0.4, -0.2) is 55.8 Å². The number of amides is 2. The number of benzene rings is 1. The average molecular weight is 439 g/mol. The second-order valence-corrected chi connectivity index (χ2v) is 10.4. The topological polar surface area (TPSA) is 83.6 Å². The Balaban J connectivity index is 1.68. The molecule has 9 heteroatoms. The molecule has 1 atom stereocenters. The molecule has 1 fully saturated rings. The van der Waals surface area contributed by atoms with Crippen molar-refractivity contribution >= 4 is 33.0 Å². The number of halogens is 1. The molecule has 156 valence electrons. The first-order valence-corrected chi connectivity index (χ1v) is 12.0. The van der Waals surface area contributed by atoms with Crippen LogP contribution < -0.4 is 5.32 Å². The highest BCUT2D eigenvalue weighted by Gasteiger charge is 2.29. The van der Waals surface area contributed by atoms with Gasteiger partial charge in [-0.1, -0.05) is 12.1 Å². The second-order valence-electron chi connectivity index (χ2n) is 7.12. The van der Waals surface area contributed by atoms with Crippen molar-refractivity contribution in [3.8, 4) is 10.4 Å². The second kappa shape index (κ2) is 8.62. The zero-order valence-electron chi connectivity index (χ0n) is 16.3. The van der Waals surface area contributed by atoms with Gasteiger partial charge in [0.2, 0.25) is 5.91 Å². The Morgan fingerprint density at radius 3 is 2.55 bits per heavy atom. The predicted octanol–water partition coefficient (Wildman–Crippen LogP) is 2.63. The lowest BCUT2D eigenvalue weighted by atomic mass is 10.1. The minimum Gasteiger partial charge on any atom is -0.351 e. The van der Waals surface area contributed by atoms with E-state index in [0.717, 1.165) is 16.0 Å². The number of rotatable bonds is 6. The fourth-order valence-electron chi connectivity index (χ4n) is 3.31. The molecule has 2 aromatic rings. The fraction of sp³-hybridized carbons (Fsp3) is 0.400. The number of hydrogen-bond acceptors (Lipinski definition) is 5. The summed E-state index contributed by atoms with van der Waals surface area (Å²) in [4.78, 5) is 28.0. The Bertz CT molecular complexity index is 1020. The summed E-state index contributed by atoms with van der Waals surface area (Å²) in [5, 5.41) is 2.71. The number of hydrogen-bond donors (Lipinski definition) is 1. The van der Waals surface area contributed by atoms with Gasteiger partial charge in [0.15, 0.2) is 9.84 Å². The maximum absolute atomic E-state index is 13.2. The van der Waals surface area contributed by atoms with E-state index in [4.69, 9.17) is 0 Å². The van der Waals surface area contributed by atoms with Gasteiger partial charge < -0.3 is 10.2 Å². The van der Waals surface area contributed by atoms with Gasteiger partial charge >= 0.3 is 0 Å². The van der Waals surface area contributed by atoms with Crippen LogP contribution in [0, 0.1) is 12.7 Å². The molecule has 1 unspecified atom stereocenters. The highest BCUT2D eigenvalue weighted by molar-refractivity contribution is 7.91. The van der Waals surface area contributed by atoms with Gasteiger partial charge in [0.05, 0.1) is 22.9 Å². The molecule has 1 saturated heterocycles. The van der Waals surface area contributed by atoms with Gasteiger partial charge in [-0.3, -0.25) is 9.59 Å². The van der Waals surface area contributed by atoms with Crippen LogP contribution in [0.15, 0.2) is 30.3 Å². The Kier molecular flexibility index (Phi) is 6.38. The molecular weight excluding hydrogens is 415 g/mol. The van der Waals surface area contributed by atoms with Crippen molar-refractivity contribution in [1.29, 1.82) is 0 Å². The summed E-state index contributed by atoms with van der Waals surface area (Å²) in [5.74, 6) is -0.922. The number of thiophene rings is 1. The summed E-state index contributed by atoms with van der Waals surface area (Å²) < 4.78 is 36.2. The van der Waals surface area contributed by atoms with Crippen LogP contribution in [0.25, 0.3) is 10.4 Å². The van der Waals surface area contributed by atoms with Crippen molar-refractivity contribution in [3.05, 3.63) is 46.6 Å². The molecule has 6 nitrogen and oxygen atoms in total. The summed E-state index contributed by atoms with van der Waals surface area (Å²) in [7, 11) is -3.08. The van der Waals surface area contributed by atoms with Gasteiger partial charge in [0.1, 0.15) is 5.82 Å². The fourth-order valence-corrected chi connectivity index (χ4v) is 6.13. The first-order chi connectivity index (χ1) is 13.7. The van der Waals surface area contributed by atoms with Crippen LogP contribution in [0.1, 0.15) is 28.6 Å². The molecule has 0 radical (unpaired) electrons. The number of carbonyl (C=O) groups is 2. The third kappa shape index (κ3) is 5.22. The van der Waals surface area contributed by atoms with Gasteiger partial charge in [-0.05, 0) is 49.6 Å². The highest BCUT2D eigenvalue weighted by Crippen LogP contribution is 2.33. The Morgan fingerprint density at radius 1 is 1.28 bits per heavy atom. The lowest BCUT2D eigenvalue weighted by molar-refractivity contribution is -0.122. The molecular formula is C20H23FN2O4S2. The van der Waals surface area contributed by atoms with E-state index in [2.05, 4.69) is 5.32 Å². The zero-order chi connectivity index (χ0) is 21.2. The van der Waals surface area contributed by atoms with Crippen molar-refractivity contribution in [2.24, 2.45) is 0 Å². The standard InChI is InChI=1S/C20H23FN2O4S2/c1-3-23(11-18(24)22-16-8-9-29(26,27)12-16)20(25)17-10-13(2)19(28-17)14-4-6-15(21)7-5-14/h4-7,10,16H,3,8-9,11-12H2,1-2H3,(H,22,24). The highest BCUT2D eigenvalue weighted by atomic mass is 32.2. The van der Waals surface area contributed by atoms with Crippen LogP contribution in [0.2, 0.25) is 0 Å². The van der Waals surface area contributed by atoms with Gasteiger partial charge in [0, 0.05) is 17.5 Å². The van der Waals surface area contributed by atoms with Crippen LogP contribution in [0.4, 0.5) is 4.39 Å². The van der Waals surface area contributed by atoms with Crippen LogP contribution >= 0.6 is 11.3 Å². The first kappa shape index (κ1) is 21.4. The number of nitrogens with one attached hydrogen (secondary N) is 1. The molecule has 3 rings (SSSR count). The molecule has 29 heavy (non-hydrogen) atoms. The molecule has 1 aromatic heterocycles. The van der Waals surface area contributed by atoms with E-state index < -0.39 is 15.9 Å². The monoisotopic (exact) mass is 438 g/mol. The quantitative estimate of drug-likeness (QED) is 0.752. The molecule has 2 amide bonds. The van der Waals surface area contributed by atoms with Crippen molar-refractivity contribution < 1.29 is 22.4 Å². The van der Waals surface area contributed by atoms with E-state index >= 15 is 0 Å². The SMILES string of the molecule is CCN(CC(=O)NC1CCS(=O)(=O)C1)C(=O)c1cc(C)c(-c2ccc(F)cc2)s1. The van der Waals surface area contributed by atoms with Crippen molar-refractivity contribution in [1.82, 2.24) is 10.2 Å². The van der Waals surface area contributed by atoms with E-state index in [1.165, 1.54) is 28.4 Å². The third-order valence-corrected chi connectivity index (χ3v) is 7.88. The van der Waals surface area contributed by atoms with E-state index in [0.29, 0.717) is 17.8 Å². The van der Waals surface area contributed by atoms with Crippen LogP contribution in [0.5, 0.6) is 0 Å². The molecule has 1 N–H and O–H groups in total. The molecule has 1 aliphatic rings. The Hall–Kier alpha value is -2.26. The summed E-state index contributed by atoms with van der Waals surface area (Å²) in [5.41, 5.74) is 1.73. The van der Waals surface area contributed by atoms with Crippen molar-refractivity contribution in [3.63, 3.8) is 0 Å². The van der Waals surface area contributed by atoms with Gasteiger partial charge in [0.25, 0.3) is 5.91 Å². The van der Waals surface area contributed by atoms with Crippen LogP contribution in [0.3, 0.4) is 0 Å². The average Bonchev–Trinajstić information content (AvgIpc) is 3.21. The lowest BCUT2D eigenvalue weighted by Crippen LogP contribution is -2.44. The number of nitrogens with zero attached hydrogens (tertiary/aromatic N) is 1. The number of aryl methyl sites for hydroxylation is 1. The molecule has 0 aliphatic carbocycles. The summed E-state index contributed by atoms with van der Waals surface area (Å²) in [6.07, 6.45) is 0.402. The normalized spacial score (nSPS) is 17.8. The summed E-state index contributed by atoms with van der Waals surface area (Å²) >= 11 is 1.31. The number of carbonyl (C=O) groups excluding carboxylic acids is 2. The minimum atomic E-state index is -3.08. The first-order valence-electron chi connectivity index (χ1n) is 9.34. The molecule has 1 aromatic carbocycles. The maximum atomic E-state index is 13.2. The van der Waals surface area contributed by atoms with Gasteiger partial charge in [-0.15, -0.1) is 11.3 Å². The van der Waals surface area contributed by atoms with E-state index in [9.17, 15) is 22.4 Å². The molecule has 0 bridgehead atoms. The molecule has 1 aliphatic heterocycles. The number of sulfone groups is 1. The smallest absolute Gasteiger partial charge is 0.264 e. The molecule has 2 heterocycles. The predicted molar refractivity (Wildman–Crippen MR) is 111 cm³/mol. The van der Waals surface area contributed by atoms with E-state index in [-0.39, 0.29) is 35.7 Å². The Labute approximate surface area is 173 Å². The number of likely N-dealkylation sites (N-methyl/N-ethyl adjacent to an activating group) is 1. The van der Waals surface area contributed by atoms with Crippen molar-refractivity contribution in [2.75, 3.05) is 24.6 Å². The van der Waals surface area contributed by atoms with Crippen molar-refractivity contribution in [2.45, 2.75) is 26.3 Å².